The van der Waals surface area contributed by atoms with Gasteiger partial charge in [0, 0.05) is 55.3 Å². The number of ether oxygens (including phenoxy) is 1. The average Bonchev–Trinajstić information content (AvgIpc) is 3.39. The van der Waals surface area contributed by atoms with Crippen molar-refractivity contribution in [1.29, 1.82) is 0 Å². The minimum atomic E-state index is -2.75. The Bertz CT molecular complexity index is 1080. The summed E-state index contributed by atoms with van der Waals surface area (Å²) in [5.41, 5.74) is 7.70. The van der Waals surface area contributed by atoms with Crippen LogP contribution in [0.15, 0.2) is 24.3 Å². The molecule has 0 aromatic heterocycles. The summed E-state index contributed by atoms with van der Waals surface area (Å²) in [6.07, 6.45) is 8.11. The zero-order valence-corrected chi connectivity index (χ0v) is 27.4. The number of fused-ring (bicyclic) bond motifs is 2. The first-order chi connectivity index (χ1) is 20.5. The molecule has 1 aromatic carbocycles. The second kappa shape index (κ2) is 14.2. The largest absolute Gasteiger partial charge is 0.395 e. The third-order valence-electron chi connectivity index (χ3n) is 10.5. The highest BCUT2D eigenvalue weighted by molar-refractivity contribution is 8.22. The second-order valence-corrected chi connectivity index (χ2v) is 16.5. The van der Waals surface area contributed by atoms with Crippen molar-refractivity contribution in [2.24, 2.45) is 17.6 Å². The fourth-order valence-electron chi connectivity index (χ4n) is 8.38. The molecule has 0 spiro atoms. The van der Waals surface area contributed by atoms with Gasteiger partial charge in [-0.1, -0.05) is 30.2 Å². The van der Waals surface area contributed by atoms with Crippen LogP contribution in [-0.2, 0) is 9.53 Å². The van der Waals surface area contributed by atoms with Gasteiger partial charge < -0.3 is 25.8 Å². The molecular formula is C32H53ClN4O5S. The molecule has 1 amide bonds. The van der Waals surface area contributed by atoms with Gasteiger partial charge in [-0.05, 0) is 94.7 Å². The van der Waals surface area contributed by atoms with Crippen LogP contribution in [0.25, 0.3) is 0 Å². The van der Waals surface area contributed by atoms with Crippen LogP contribution < -0.4 is 11.1 Å². The molecule has 6 N–H and O–H groups in total. The lowest BCUT2D eigenvalue weighted by molar-refractivity contribution is -0.138. The van der Waals surface area contributed by atoms with Gasteiger partial charge in [0.2, 0.25) is 5.91 Å². The molecule has 1 aromatic rings. The van der Waals surface area contributed by atoms with E-state index in [1.807, 2.05) is 33.5 Å². The molecular weight excluding hydrogens is 588 g/mol. The Balaban J connectivity index is 1.32. The first-order valence-corrected chi connectivity index (χ1v) is 18.4. The maximum absolute atomic E-state index is 14.4. The van der Waals surface area contributed by atoms with Crippen LogP contribution in [0.4, 0.5) is 0 Å². The number of nitrogens with two attached hydrogens (primary N) is 1. The van der Waals surface area contributed by atoms with Crippen molar-refractivity contribution >= 4 is 28.3 Å². The Labute approximate surface area is 264 Å². The summed E-state index contributed by atoms with van der Waals surface area (Å²) in [5, 5.41) is 14.4. The van der Waals surface area contributed by atoms with Crippen LogP contribution in [-0.4, -0.2) is 97.7 Å². The average molecular weight is 641 g/mol. The maximum atomic E-state index is 14.4. The molecule has 4 fully saturated rings. The third kappa shape index (κ3) is 7.89. The first-order valence-electron chi connectivity index (χ1n) is 16.3. The Morgan fingerprint density at radius 3 is 2.67 bits per heavy atom. The van der Waals surface area contributed by atoms with Crippen molar-refractivity contribution in [1.82, 2.24) is 14.5 Å². The normalized spacial score (nSPS) is 34.1. The highest BCUT2D eigenvalue weighted by atomic mass is 35.5. The number of carbonyl (C=O) groups is 1. The number of aliphatic hydroxyl groups excluding tert-OH is 1. The van der Waals surface area contributed by atoms with E-state index in [0.29, 0.717) is 30.0 Å². The highest BCUT2D eigenvalue weighted by Gasteiger charge is 2.44. The molecule has 5 rings (SSSR count). The van der Waals surface area contributed by atoms with Crippen LogP contribution in [0.3, 0.4) is 0 Å². The van der Waals surface area contributed by atoms with Gasteiger partial charge in [-0.15, -0.1) is 10.8 Å². The van der Waals surface area contributed by atoms with Gasteiger partial charge >= 0.3 is 0 Å². The molecule has 4 aliphatic rings. The van der Waals surface area contributed by atoms with E-state index in [0.717, 1.165) is 69.9 Å². The van der Waals surface area contributed by atoms with E-state index in [4.69, 9.17) is 22.1 Å². The SMILES string of the molecule is CC1(C)CC([C@H](c2ccc(Cl)cc2)[C@H](N)C(=O)N(CCO)[C@H]2CCC[C@@H]2CC[C@H]2CN[C@@H]3CCCS(O)(O)N2C3)CCO1. The molecule has 244 valence electrons. The standard InChI is InChI=1S/C32H53ClN4O5S/c1-32(2)19-24(14-17-42-32)29(23-8-11-25(33)12-9-23)30(34)31(39)36(15-16-38)28-7-3-5-22(28)10-13-27-20-35-26-6-4-18-43(40,41)37(27)21-26/h8-9,11-12,22,24,26-30,35,38,40-41H,3-7,10,13-21,34H2,1-2H3/t22-,24?,26-,27+,28+,29+,30+/m1/s1. The van der Waals surface area contributed by atoms with Gasteiger partial charge in [-0.2, -0.15) is 0 Å². The zero-order valence-electron chi connectivity index (χ0n) is 25.9. The minimum absolute atomic E-state index is 0.0106. The molecule has 1 saturated carbocycles. The Morgan fingerprint density at radius 2 is 1.95 bits per heavy atom. The molecule has 1 aliphatic carbocycles. The van der Waals surface area contributed by atoms with Gasteiger partial charge in [-0.3, -0.25) is 13.9 Å². The number of hydrogen-bond acceptors (Lipinski definition) is 8. The fourth-order valence-corrected chi connectivity index (χ4v) is 10.4. The van der Waals surface area contributed by atoms with E-state index in [1.165, 1.54) is 0 Å². The number of nitrogens with one attached hydrogen (secondary N) is 1. The number of nitrogens with zero attached hydrogens (tertiary/aromatic N) is 2. The van der Waals surface area contributed by atoms with Crippen molar-refractivity contribution in [3.8, 4) is 0 Å². The number of aliphatic hydroxyl groups is 1. The van der Waals surface area contributed by atoms with Crippen LogP contribution in [0.1, 0.15) is 83.1 Å². The molecule has 11 heteroatoms. The minimum Gasteiger partial charge on any atom is -0.395 e. The van der Waals surface area contributed by atoms with Crippen LogP contribution >= 0.6 is 22.4 Å². The summed E-state index contributed by atoms with van der Waals surface area (Å²) in [5.74, 6) is 0.617. The predicted molar refractivity (Wildman–Crippen MR) is 173 cm³/mol. The first kappa shape index (κ1) is 33.4. The lowest BCUT2D eigenvalue weighted by Crippen LogP contribution is -2.56. The Hall–Kier alpha value is -0.950. The number of rotatable bonds is 10. The monoisotopic (exact) mass is 640 g/mol. The van der Waals surface area contributed by atoms with Gasteiger partial charge in [0.05, 0.1) is 24.0 Å². The quantitative estimate of drug-likeness (QED) is 0.246. The molecule has 43 heavy (non-hydrogen) atoms. The predicted octanol–water partition coefficient (Wildman–Crippen LogP) is 4.83. The molecule has 3 saturated heterocycles. The van der Waals surface area contributed by atoms with E-state index in [2.05, 4.69) is 19.2 Å². The van der Waals surface area contributed by atoms with E-state index in [9.17, 15) is 19.0 Å². The number of halogens is 1. The maximum Gasteiger partial charge on any atom is 0.240 e. The van der Waals surface area contributed by atoms with E-state index in [-0.39, 0.29) is 54.5 Å². The topological polar surface area (TPSA) is 132 Å². The lowest BCUT2D eigenvalue weighted by Gasteiger charge is -2.49. The van der Waals surface area contributed by atoms with E-state index in [1.54, 1.807) is 0 Å². The molecule has 9 nitrogen and oxygen atoms in total. The number of amides is 1. The summed E-state index contributed by atoms with van der Waals surface area (Å²) in [6, 6.07) is 7.36. The fraction of sp³-hybridized carbons (Fsp3) is 0.781. The van der Waals surface area contributed by atoms with Crippen molar-refractivity contribution in [2.45, 2.75) is 107 Å². The third-order valence-corrected chi connectivity index (χ3v) is 12.8. The van der Waals surface area contributed by atoms with Crippen molar-refractivity contribution < 1.29 is 23.7 Å². The summed E-state index contributed by atoms with van der Waals surface area (Å²) < 4.78 is 29.8. The molecule has 3 aliphatic heterocycles. The van der Waals surface area contributed by atoms with Gasteiger partial charge in [0.1, 0.15) is 0 Å². The summed E-state index contributed by atoms with van der Waals surface area (Å²) in [6.45, 7) is 6.41. The van der Waals surface area contributed by atoms with Crippen LogP contribution in [0.2, 0.25) is 5.02 Å². The molecule has 2 bridgehead atoms. The van der Waals surface area contributed by atoms with Gasteiger partial charge in [0.25, 0.3) is 0 Å². The zero-order chi connectivity index (χ0) is 30.8. The summed E-state index contributed by atoms with van der Waals surface area (Å²) >= 11 is 6.23. The molecule has 2 unspecified atom stereocenters. The second-order valence-electron chi connectivity index (χ2n) is 13.9. The summed E-state index contributed by atoms with van der Waals surface area (Å²) in [7, 11) is -2.75. The number of carbonyl (C=O) groups excluding carboxylic acids is 1. The molecule has 0 radical (unpaired) electrons. The Kier molecular flexibility index (Phi) is 11.0. The molecule has 8 atom stereocenters. The van der Waals surface area contributed by atoms with E-state index >= 15 is 0 Å². The Morgan fingerprint density at radius 1 is 1.19 bits per heavy atom. The lowest BCUT2D eigenvalue weighted by atomic mass is 9.73. The smallest absolute Gasteiger partial charge is 0.240 e. The van der Waals surface area contributed by atoms with Gasteiger partial charge in [-0.25, -0.2) is 4.31 Å². The van der Waals surface area contributed by atoms with Crippen molar-refractivity contribution in [3.63, 3.8) is 0 Å². The van der Waals surface area contributed by atoms with Crippen LogP contribution in [0.5, 0.6) is 0 Å². The summed E-state index contributed by atoms with van der Waals surface area (Å²) in [4.78, 5) is 16.3. The number of piperazine rings is 1. The van der Waals surface area contributed by atoms with Gasteiger partial charge in [0.15, 0.2) is 0 Å². The van der Waals surface area contributed by atoms with Crippen molar-refractivity contribution in [3.05, 3.63) is 34.9 Å². The van der Waals surface area contributed by atoms with Crippen LogP contribution in [0, 0.1) is 11.8 Å². The highest BCUT2D eigenvalue weighted by Crippen LogP contribution is 2.49. The molecule has 3 heterocycles. The van der Waals surface area contributed by atoms with E-state index < -0.39 is 16.8 Å². The van der Waals surface area contributed by atoms with Crippen molar-refractivity contribution in [2.75, 3.05) is 38.6 Å². The number of benzene rings is 1. The number of hydrogen-bond donors (Lipinski definition) is 5.